The van der Waals surface area contributed by atoms with E-state index in [1.54, 1.807) is 31.4 Å². The number of methoxy groups -OCH3 is 1. The van der Waals surface area contributed by atoms with Crippen LogP contribution >= 0.6 is 0 Å². The minimum Gasteiger partial charge on any atom is -0.497 e. The van der Waals surface area contributed by atoms with Crippen LogP contribution in [-0.4, -0.2) is 25.5 Å². The van der Waals surface area contributed by atoms with Crippen LogP contribution in [0.2, 0.25) is 0 Å². The number of benzene rings is 1. The fraction of sp³-hybridized carbons (Fsp3) is 0.467. The van der Waals surface area contributed by atoms with Crippen LogP contribution in [0.5, 0.6) is 5.75 Å². The van der Waals surface area contributed by atoms with Gasteiger partial charge in [-0.1, -0.05) is 25.5 Å². The number of hydrogen-bond acceptors (Lipinski definition) is 4. The van der Waals surface area contributed by atoms with Crippen molar-refractivity contribution < 1.29 is 19.1 Å². The fourth-order valence-corrected chi connectivity index (χ4v) is 1.56. The zero-order valence-electron chi connectivity index (χ0n) is 11.5. The maximum absolute atomic E-state index is 11.9. The Labute approximate surface area is 113 Å². The van der Waals surface area contributed by atoms with E-state index in [0.717, 1.165) is 12.8 Å². The van der Waals surface area contributed by atoms with E-state index in [1.165, 1.54) is 0 Å². The average molecular weight is 264 g/mol. The number of Topliss-reactive ketones (excluding diaryl/α,β-unsaturated/α-hetero) is 1. The molecule has 0 spiro atoms. The highest BCUT2D eigenvalue weighted by Crippen LogP contribution is 2.14. The van der Waals surface area contributed by atoms with Crippen molar-refractivity contribution in [2.24, 2.45) is 0 Å². The highest BCUT2D eigenvalue weighted by Gasteiger charge is 2.10. The predicted molar refractivity (Wildman–Crippen MR) is 72.4 cm³/mol. The maximum atomic E-state index is 11.9. The van der Waals surface area contributed by atoms with Crippen LogP contribution in [0, 0.1) is 0 Å². The van der Waals surface area contributed by atoms with Gasteiger partial charge < -0.3 is 9.47 Å². The lowest BCUT2D eigenvalue weighted by Gasteiger charge is -2.05. The van der Waals surface area contributed by atoms with E-state index in [-0.39, 0.29) is 24.6 Å². The molecular weight excluding hydrogens is 244 g/mol. The van der Waals surface area contributed by atoms with Crippen molar-refractivity contribution in [1.82, 2.24) is 0 Å². The molecule has 0 saturated carbocycles. The lowest BCUT2D eigenvalue weighted by molar-refractivity contribution is -0.143. The van der Waals surface area contributed by atoms with Crippen molar-refractivity contribution in [1.29, 1.82) is 0 Å². The van der Waals surface area contributed by atoms with Gasteiger partial charge in [-0.25, -0.2) is 0 Å². The van der Waals surface area contributed by atoms with Gasteiger partial charge in [0.1, 0.15) is 5.75 Å². The first-order valence-corrected chi connectivity index (χ1v) is 6.50. The van der Waals surface area contributed by atoms with Crippen molar-refractivity contribution in [3.8, 4) is 5.75 Å². The normalized spacial score (nSPS) is 10.0. The van der Waals surface area contributed by atoms with Gasteiger partial charge in [0, 0.05) is 12.0 Å². The summed E-state index contributed by atoms with van der Waals surface area (Å²) in [5, 5.41) is 0. The Hall–Kier alpha value is -1.84. The average Bonchev–Trinajstić information content (AvgIpc) is 2.45. The van der Waals surface area contributed by atoms with E-state index in [0.29, 0.717) is 17.9 Å². The van der Waals surface area contributed by atoms with Crippen LogP contribution < -0.4 is 4.74 Å². The highest BCUT2D eigenvalue weighted by molar-refractivity contribution is 5.97. The summed E-state index contributed by atoms with van der Waals surface area (Å²) in [6, 6.07) is 6.92. The summed E-state index contributed by atoms with van der Waals surface area (Å²) < 4.78 is 10.0. The van der Waals surface area contributed by atoms with Gasteiger partial charge in [-0.05, 0) is 18.6 Å². The third kappa shape index (κ3) is 5.55. The van der Waals surface area contributed by atoms with Crippen LogP contribution in [0.1, 0.15) is 43.0 Å². The second kappa shape index (κ2) is 8.29. The van der Waals surface area contributed by atoms with Crippen molar-refractivity contribution in [2.75, 3.05) is 13.7 Å². The summed E-state index contributed by atoms with van der Waals surface area (Å²) >= 11 is 0. The molecule has 4 nitrogen and oxygen atoms in total. The standard InChI is InChI=1S/C15H20O4/c1-3-4-10-19-15(17)9-8-14(16)12-6-5-7-13(11-12)18-2/h5-7,11H,3-4,8-10H2,1-2H3. The van der Waals surface area contributed by atoms with E-state index in [1.807, 2.05) is 6.92 Å². The Morgan fingerprint density at radius 3 is 2.68 bits per heavy atom. The lowest BCUT2D eigenvalue weighted by Crippen LogP contribution is -2.09. The Morgan fingerprint density at radius 1 is 1.21 bits per heavy atom. The first kappa shape index (κ1) is 15.2. The van der Waals surface area contributed by atoms with Gasteiger partial charge in [0.2, 0.25) is 0 Å². The molecule has 0 radical (unpaired) electrons. The third-order valence-corrected chi connectivity index (χ3v) is 2.71. The summed E-state index contributed by atoms with van der Waals surface area (Å²) in [7, 11) is 1.55. The lowest BCUT2D eigenvalue weighted by atomic mass is 10.1. The molecule has 0 bridgehead atoms. The largest absolute Gasteiger partial charge is 0.497 e. The Balaban J connectivity index is 2.40. The van der Waals surface area contributed by atoms with Crippen LogP contribution in [0.25, 0.3) is 0 Å². The summed E-state index contributed by atoms with van der Waals surface area (Å²) in [4.78, 5) is 23.3. The molecule has 0 aliphatic carbocycles. The molecule has 0 fully saturated rings. The van der Waals surface area contributed by atoms with Gasteiger partial charge >= 0.3 is 5.97 Å². The van der Waals surface area contributed by atoms with Crippen molar-refractivity contribution >= 4 is 11.8 Å². The van der Waals surface area contributed by atoms with Crippen molar-refractivity contribution in [3.63, 3.8) is 0 Å². The molecule has 104 valence electrons. The van der Waals surface area contributed by atoms with Crippen molar-refractivity contribution in [2.45, 2.75) is 32.6 Å². The minimum atomic E-state index is -0.315. The van der Waals surface area contributed by atoms with E-state index in [2.05, 4.69) is 0 Å². The van der Waals surface area contributed by atoms with E-state index < -0.39 is 0 Å². The first-order chi connectivity index (χ1) is 9.17. The molecule has 19 heavy (non-hydrogen) atoms. The molecule has 4 heteroatoms. The summed E-state index contributed by atoms with van der Waals surface area (Å²) in [6.45, 7) is 2.46. The predicted octanol–water partition coefficient (Wildman–Crippen LogP) is 3.00. The third-order valence-electron chi connectivity index (χ3n) is 2.71. The summed E-state index contributed by atoms with van der Waals surface area (Å²) in [5.74, 6) is 0.243. The second-order valence-corrected chi connectivity index (χ2v) is 4.23. The number of esters is 1. The van der Waals surface area contributed by atoms with E-state index >= 15 is 0 Å². The number of rotatable bonds is 8. The molecule has 1 rings (SSSR count). The fourth-order valence-electron chi connectivity index (χ4n) is 1.56. The van der Waals surface area contributed by atoms with Crippen molar-refractivity contribution in [3.05, 3.63) is 29.8 Å². The number of hydrogen-bond donors (Lipinski definition) is 0. The molecular formula is C15H20O4. The van der Waals surface area contributed by atoms with Gasteiger partial charge in [0.25, 0.3) is 0 Å². The van der Waals surface area contributed by atoms with E-state index in [9.17, 15) is 9.59 Å². The highest BCUT2D eigenvalue weighted by atomic mass is 16.5. The quantitative estimate of drug-likeness (QED) is 0.411. The molecule has 0 atom stereocenters. The van der Waals surface area contributed by atoms with Gasteiger partial charge in [-0.15, -0.1) is 0 Å². The maximum Gasteiger partial charge on any atom is 0.306 e. The molecule has 0 aromatic heterocycles. The molecule has 1 aromatic rings. The molecule has 1 aromatic carbocycles. The van der Waals surface area contributed by atoms with Gasteiger partial charge in [-0.2, -0.15) is 0 Å². The topological polar surface area (TPSA) is 52.6 Å². The summed E-state index contributed by atoms with van der Waals surface area (Å²) in [6.07, 6.45) is 2.13. The number of unbranched alkanes of at least 4 members (excludes halogenated alkanes) is 1. The Bertz CT molecular complexity index is 426. The molecule has 0 aliphatic rings. The van der Waals surface area contributed by atoms with Crippen LogP contribution in [0.4, 0.5) is 0 Å². The van der Waals surface area contributed by atoms with Crippen LogP contribution in [-0.2, 0) is 9.53 Å². The summed E-state index contributed by atoms with van der Waals surface area (Å²) in [5.41, 5.74) is 0.556. The molecule has 0 heterocycles. The SMILES string of the molecule is CCCCOC(=O)CCC(=O)c1cccc(OC)c1. The Morgan fingerprint density at radius 2 is 2.00 bits per heavy atom. The molecule has 0 aliphatic heterocycles. The Kier molecular flexibility index (Phi) is 6.64. The molecule has 0 N–H and O–H groups in total. The minimum absolute atomic E-state index is 0.0775. The zero-order valence-corrected chi connectivity index (χ0v) is 11.5. The molecule has 0 amide bonds. The molecule has 0 unspecified atom stereocenters. The number of carbonyl (C=O) groups excluding carboxylic acids is 2. The number of ketones is 1. The van der Waals surface area contributed by atoms with Gasteiger partial charge in [-0.3, -0.25) is 9.59 Å². The monoisotopic (exact) mass is 264 g/mol. The van der Waals surface area contributed by atoms with E-state index in [4.69, 9.17) is 9.47 Å². The number of carbonyl (C=O) groups is 2. The van der Waals surface area contributed by atoms with Gasteiger partial charge in [0.15, 0.2) is 5.78 Å². The number of ether oxygens (including phenoxy) is 2. The van der Waals surface area contributed by atoms with Gasteiger partial charge in [0.05, 0.1) is 20.1 Å². The van der Waals surface area contributed by atoms with Crippen LogP contribution in [0.3, 0.4) is 0 Å². The zero-order chi connectivity index (χ0) is 14.1. The smallest absolute Gasteiger partial charge is 0.306 e. The molecule has 0 saturated heterocycles. The first-order valence-electron chi connectivity index (χ1n) is 6.50. The van der Waals surface area contributed by atoms with Crippen LogP contribution in [0.15, 0.2) is 24.3 Å². The second-order valence-electron chi connectivity index (χ2n) is 4.23.